The highest BCUT2D eigenvalue weighted by Crippen LogP contribution is 2.26. The van der Waals surface area contributed by atoms with Crippen LogP contribution in [0.15, 0.2) is 89.5 Å². The molecule has 190 valence electrons. The summed E-state index contributed by atoms with van der Waals surface area (Å²) in [5.41, 5.74) is 3.00. The Morgan fingerprint density at radius 3 is 2.30 bits per heavy atom. The van der Waals surface area contributed by atoms with Gasteiger partial charge in [0.15, 0.2) is 0 Å². The van der Waals surface area contributed by atoms with E-state index in [0.29, 0.717) is 23.7 Å². The summed E-state index contributed by atoms with van der Waals surface area (Å²) in [6, 6.07) is 26.0. The number of nitrogens with zero attached hydrogens (tertiary/aromatic N) is 1. The molecule has 0 heterocycles. The molecule has 1 atom stereocenters. The second kappa shape index (κ2) is 13.8. The van der Waals surface area contributed by atoms with Crippen LogP contribution < -0.4 is 20.7 Å². The molecule has 0 saturated carbocycles. The van der Waals surface area contributed by atoms with E-state index in [1.165, 1.54) is 0 Å². The van der Waals surface area contributed by atoms with Crippen molar-refractivity contribution in [2.45, 2.75) is 26.8 Å². The third-order valence-corrected chi connectivity index (χ3v) is 6.41. The third kappa shape index (κ3) is 8.16. The highest BCUT2D eigenvalue weighted by molar-refractivity contribution is 8.03. The highest BCUT2D eigenvalue weighted by Gasteiger charge is 2.19. The molecule has 0 saturated heterocycles. The summed E-state index contributed by atoms with van der Waals surface area (Å²) in [6.45, 7) is 6.22. The Bertz CT molecular complexity index is 1280. The lowest BCUT2D eigenvalue weighted by Crippen LogP contribution is -2.28. The fraction of sp³-hybridized carbons (Fsp3) is 0.207. The molecule has 7 nitrogen and oxygen atoms in total. The molecule has 37 heavy (non-hydrogen) atoms. The second-order valence-corrected chi connectivity index (χ2v) is 9.14. The summed E-state index contributed by atoms with van der Waals surface area (Å²) < 4.78 is 5.49. The zero-order valence-electron chi connectivity index (χ0n) is 21.1. The number of anilines is 2. The number of nitrogens with one attached hydrogen (secondary N) is 3. The number of thioether (sulfide) groups is 1. The van der Waals surface area contributed by atoms with Crippen molar-refractivity contribution < 1.29 is 14.3 Å². The maximum absolute atomic E-state index is 13.1. The van der Waals surface area contributed by atoms with E-state index in [0.717, 1.165) is 22.9 Å². The zero-order valence-corrected chi connectivity index (χ0v) is 21.9. The minimum atomic E-state index is -0.559. The van der Waals surface area contributed by atoms with Gasteiger partial charge in [0.25, 0.3) is 5.91 Å². The van der Waals surface area contributed by atoms with Gasteiger partial charge in [0.05, 0.1) is 23.4 Å². The van der Waals surface area contributed by atoms with Gasteiger partial charge < -0.3 is 20.7 Å². The van der Waals surface area contributed by atoms with Crippen LogP contribution in [0.4, 0.5) is 11.4 Å². The molecule has 0 spiro atoms. The molecular weight excluding hydrogens is 484 g/mol. The van der Waals surface area contributed by atoms with Crippen LogP contribution in [-0.4, -0.2) is 24.2 Å². The Morgan fingerprint density at radius 2 is 1.65 bits per heavy atom. The van der Waals surface area contributed by atoms with Gasteiger partial charge in [-0.1, -0.05) is 60.3 Å². The molecule has 0 radical (unpaired) electrons. The van der Waals surface area contributed by atoms with Crippen molar-refractivity contribution in [3.63, 3.8) is 0 Å². The number of carbonyl (C=O) groups excluding carboxylic acids is 2. The van der Waals surface area contributed by atoms with Gasteiger partial charge in [0, 0.05) is 11.4 Å². The lowest BCUT2D eigenvalue weighted by atomic mass is 10.1. The van der Waals surface area contributed by atoms with Crippen molar-refractivity contribution in [1.82, 2.24) is 5.32 Å². The lowest BCUT2D eigenvalue weighted by molar-refractivity contribution is -0.119. The average Bonchev–Trinajstić information content (AvgIpc) is 2.90. The Labute approximate surface area is 221 Å². The lowest BCUT2D eigenvalue weighted by Gasteiger charge is -2.16. The summed E-state index contributed by atoms with van der Waals surface area (Å²) in [4.78, 5) is 25.8. The van der Waals surface area contributed by atoms with Gasteiger partial charge in [-0.3, -0.25) is 9.59 Å². The normalized spacial score (nSPS) is 11.9. The number of ether oxygens (including phenoxy) is 1. The minimum Gasteiger partial charge on any atom is -0.494 e. The maximum Gasteiger partial charge on any atom is 0.269 e. The van der Waals surface area contributed by atoms with Gasteiger partial charge in [0.2, 0.25) is 5.91 Å². The van der Waals surface area contributed by atoms with Gasteiger partial charge >= 0.3 is 0 Å². The maximum atomic E-state index is 13.1. The molecule has 0 bridgehead atoms. The van der Waals surface area contributed by atoms with Crippen LogP contribution in [0.25, 0.3) is 0 Å². The first-order valence-electron chi connectivity index (χ1n) is 11.9. The molecule has 3 N–H and O–H groups in total. The Kier molecular flexibility index (Phi) is 10.2. The van der Waals surface area contributed by atoms with Crippen LogP contribution in [0.1, 0.15) is 31.0 Å². The Morgan fingerprint density at radius 1 is 0.973 bits per heavy atom. The van der Waals surface area contributed by atoms with Gasteiger partial charge in [-0.05, 0) is 62.2 Å². The first kappa shape index (κ1) is 27.4. The number of benzene rings is 3. The first-order chi connectivity index (χ1) is 17.9. The van der Waals surface area contributed by atoms with E-state index in [-0.39, 0.29) is 28.3 Å². The molecule has 3 aromatic rings. The molecule has 2 amide bonds. The third-order valence-electron chi connectivity index (χ3n) is 5.41. The fourth-order valence-electron chi connectivity index (χ4n) is 3.45. The molecule has 8 heteroatoms. The Hall–Kier alpha value is -4.22. The van der Waals surface area contributed by atoms with Crippen LogP contribution >= 0.6 is 11.8 Å². The van der Waals surface area contributed by atoms with Crippen molar-refractivity contribution >= 4 is 35.0 Å². The van der Waals surface area contributed by atoms with Crippen molar-refractivity contribution in [3.8, 4) is 11.8 Å². The van der Waals surface area contributed by atoms with Gasteiger partial charge in [-0.25, -0.2) is 0 Å². The molecule has 0 aliphatic carbocycles. The Balaban J connectivity index is 1.81. The van der Waals surface area contributed by atoms with Crippen LogP contribution in [0.2, 0.25) is 0 Å². The number of aryl methyl sites for hydroxylation is 1. The van der Waals surface area contributed by atoms with E-state index < -0.39 is 5.91 Å². The molecular formula is C29H30N4O3S. The van der Waals surface area contributed by atoms with E-state index >= 15 is 0 Å². The number of amides is 2. The fourth-order valence-corrected chi connectivity index (χ4v) is 4.28. The number of rotatable bonds is 11. The van der Waals surface area contributed by atoms with Crippen molar-refractivity contribution in [2.75, 3.05) is 23.0 Å². The predicted octanol–water partition coefficient (Wildman–Crippen LogP) is 5.79. The van der Waals surface area contributed by atoms with Crippen molar-refractivity contribution in [1.29, 1.82) is 5.26 Å². The van der Waals surface area contributed by atoms with Crippen LogP contribution in [0.3, 0.4) is 0 Å². The second-order valence-electron chi connectivity index (χ2n) is 8.16. The van der Waals surface area contributed by atoms with Crippen molar-refractivity contribution in [2.24, 2.45) is 0 Å². The van der Waals surface area contributed by atoms with Gasteiger partial charge in [-0.15, -0.1) is 0 Å². The highest BCUT2D eigenvalue weighted by atomic mass is 32.2. The average molecular weight is 515 g/mol. The van der Waals surface area contributed by atoms with Crippen LogP contribution in [-0.2, 0) is 9.59 Å². The standard InChI is InChI=1S/C29H30N4O3S/c1-4-36-24-16-14-23(15-17-24)32-29(25(18-30)28(35)33-26-13-9-8-10-20(26)2)37-19-27(34)31-21(3)22-11-6-5-7-12-22/h5-17,21,32H,4,19H2,1-3H3,(H,31,34)(H,33,35)/b29-25+/t21-/m1/s1. The topological polar surface area (TPSA) is 103 Å². The molecule has 0 aliphatic heterocycles. The SMILES string of the molecule is CCOc1ccc(N/C(SCC(=O)N[C@H](C)c2ccccc2)=C(/C#N)C(=O)Nc2ccccc2C)cc1. The number of hydrogen-bond acceptors (Lipinski definition) is 6. The monoisotopic (exact) mass is 514 g/mol. The molecule has 0 unspecified atom stereocenters. The molecule has 3 rings (SSSR count). The van der Waals surface area contributed by atoms with E-state index in [4.69, 9.17) is 4.74 Å². The summed E-state index contributed by atoms with van der Waals surface area (Å²) >= 11 is 1.09. The van der Waals surface area contributed by atoms with Gasteiger partial charge in [0.1, 0.15) is 17.4 Å². The van der Waals surface area contributed by atoms with Crippen LogP contribution in [0.5, 0.6) is 5.75 Å². The summed E-state index contributed by atoms with van der Waals surface area (Å²) in [5, 5.41) is 19.1. The predicted molar refractivity (Wildman–Crippen MR) is 149 cm³/mol. The molecule has 0 aliphatic rings. The van der Waals surface area contributed by atoms with E-state index in [9.17, 15) is 14.9 Å². The number of carbonyl (C=O) groups is 2. The largest absolute Gasteiger partial charge is 0.494 e. The molecule has 0 aromatic heterocycles. The van der Waals surface area contributed by atoms with E-state index in [2.05, 4.69) is 16.0 Å². The summed E-state index contributed by atoms with van der Waals surface area (Å²) in [7, 11) is 0. The van der Waals surface area contributed by atoms with Gasteiger partial charge in [-0.2, -0.15) is 5.26 Å². The van der Waals surface area contributed by atoms with E-state index in [1.807, 2.05) is 75.4 Å². The number of nitriles is 1. The zero-order chi connectivity index (χ0) is 26.6. The van der Waals surface area contributed by atoms with Crippen molar-refractivity contribution in [3.05, 3.63) is 101 Å². The first-order valence-corrected chi connectivity index (χ1v) is 12.9. The molecule has 0 fully saturated rings. The molecule has 3 aromatic carbocycles. The minimum absolute atomic E-state index is 0.0133. The van der Waals surface area contributed by atoms with E-state index in [1.54, 1.807) is 30.3 Å². The number of para-hydroxylation sites is 1. The summed E-state index contributed by atoms with van der Waals surface area (Å²) in [5.74, 6) is -0.0580. The van der Waals surface area contributed by atoms with Crippen LogP contribution in [0, 0.1) is 18.3 Å². The summed E-state index contributed by atoms with van der Waals surface area (Å²) in [6.07, 6.45) is 0. The smallest absolute Gasteiger partial charge is 0.269 e. The number of hydrogen-bond donors (Lipinski definition) is 3. The quantitative estimate of drug-likeness (QED) is 0.221.